The van der Waals surface area contributed by atoms with Gasteiger partial charge in [-0.2, -0.15) is 0 Å². The van der Waals surface area contributed by atoms with Crippen molar-refractivity contribution in [1.29, 1.82) is 0 Å². The lowest BCUT2D eigenvalue weighted by atomic mass is 10.0. The molecule has 1 aliphatic rings. The van der Waals surface area contributed by atoms with E-state index in [0.29, 0.717) is 23.8 Å². The SMILES string of the molecule is Cc1nc2c(c(=O)[nH]1)CCNc1cc(Cl)ccc1-2. The molecule has 0 bridgehead atoms. The van der Waals surface area contributed by atoms with Crippen LogP contribution in [-0.4, -0.2) is 16.5 Å². The number of aromatic nitrogens is 2. The van der Waals surface area contributed by atoms with Crippen LogP contribution in [0.25, 0.3) is 11.3 Å². The van der Waals surface area contributed by atoms with Crippen LogP contribution in [0.5, 0.6) is 0 Å². The summed E-state index contributed by atoms with van der Waals surface area (Å²) in [6, 6.07) is 5.58. The Morgan fingerprint density at radius 1 is 1.39 bits per heavy atom. The molecule has 0 spiro atoms. The zero-order valence-corrected chi connectivity index (χ0v) is 10.6. The van der Waals surface area contributed by atoms with Crippen LogP contribution in [-0.2, 0) is 6.42 Å². The molecular formula is C13H12ClN3O. The molecule has 4 nitrogen and oxygen atoms in total. The third-order valence-corrected chi connectivity index (χ3v) is 3.30. The Balaban J connectivity index is 2.33. The smallest absolute Gasteiger partial charge is 0.254 e. The summed E-state index contributed by atoms with van der Waals surface area (Å²) in [5.41, 5.74) is 3.30. The van der Waals surface area contributed by atoms with E-state index in [4.69, 9.17) is 11.6 Å². The van der Waals surface area contributed by atoms with Gasteiger partial charge in [-0.25, -0.2) is 4.98 Å². The minimum atomic E-state index is -0.0536. The molecule has 0 atom stereocenters. The van der Waals surface area contributed by atoms with Gasteiger partial charge >= 0.3 is 0 Å². The summed E-state index contributed by atoms with van der Waals surface area (Å²) in [5, 5.41) is 3.95. The van der Waals surface area contributed by atoms with Crippen molar-refractivity contribution in [2.75, 3.05) is 11.9 Å². The summed E-state index contributed by atoms with van der Waals surface area (Å²) in [7, 11) is 0. The second-order valence-electron chi connectivity index (χ2n) is 4.35. The highest BCUT2D eigenvalue weighted by molar-refractivity contribution is 6.31. The number of anilines is 1. The lowest BCUT2D eigenvalue weighted by molar-refractivity contribution is 0.940. The summed E-state index contributed by atoms with van der Waals surface area (Å²) in [6.07, 6.45) is 0.657. The fourth-order valence-corrected chi connectivity index (χ4v) is 2.43. The second kappa shape index (κ2) is 4.14. The quantitative estimate of drug-likeness (QED) is 0.765. The fourth-order valence-electron chi connectivity index (χ4n) is 2.26. The van der Waals surface area contributed by atoms with E-state index in [1.54, 1.807) is 6.92 Å². The highest BCUT2D eigenvalue weighted by Crippen LogP contribution is 2.32. The molecule has 18 heavy (non-hydrogen) atoms. The van der Waals surface area contributed by atoms with Gasteiger partial charge in [0.2, 0.25) is 0 Å². The van der Waals surface area contributed by atoms with E-state index >= 15 is 0 Å². The molecule has 0 amide bonds. The molecule has 0 aliphatic carbocycles. The lowest BCUT2D eigenvalue weighted by Gasteiger charge is -2.09. The van der Waals surface area contributed by atoms with Crippen molar-refractivity contribution in [2.24, 2.45) is 0 Å². The van der Waals surface area contributed by atoms with Gasteiger partial charge in [-0.3, -0.25) is 4.79 Å². The number of nitrogens with zero attached hydrogens (tertiary/aromatic N) is 1. The molecule has 0 saturated heterocycles. The molecule has 1 aromatic carbocycles. The summed E-state index contributed by atoms with van der Waals surface area (Å²) in [6.45, 7) is 2.49. The number of fused-ring (bicyclic) bond motifs is 3. The first-order valence-electron chi connectivity index (χ1n) is 5.79. The number of aryl methyl sites for hydroxylation is 1. The van der Waals surface area contributed by atoms with Gasteiger partial charge in [0.05, 0.1) is 5.69 Å². The van der Waals surface area contributed by atoms with Gasteiger partial charge in [-0.15, -0.1) is 0 Å². The number of halogens is 1. The highest BCUT2D eigenvalue weighted by Gasteiger charge is 2.18. The molecule has 2 aromatic rings. The summed E-state index contributed by atoms with van der Waals surface area (Å²) in [4.78, 5) is 19.2. The van der Waals surface area contributed by atoms with E-state index in [1.165, 1.54) is 0 Å². The van der Waals surface area contributed by atoms with E-state index in [0.717, 1.165) is 22.5 Å². The van der Waals surface area contributed by atoms with Gasteiger partial charge in [-0.05, 0) is 31.5 Å². The Hall–Kier alpha value is -1.81. The molecule has 5 heteroatoms. The van der Waals surface area contributed by atoms with Gasteiger partial charge in [0, 0.05) is 28.4 Å². The summed E-state index contributed by atoms with van der Waals surface area (Å²) >= 11 is 5.99. The van der Waals surface area contributed by atoms with Crippen molar-refractivity contribution >= 4 is 17.3 Å². The number of hydrogen-bond donors (Lipinski definition) is 2. The molecule has 0 fully saturated rings. The summed E-state index contributed by atoms with van der Waals surface area (Å²) < 4.78 is 0. The third kappa shape index (κ3) is 1.78. The number of aromatic amines is 1. The zero-order chi connectivity index (χ0) is 12.7. The fraction of sp³-hybridized carbons (Fsp3) is 0.231. The number of benzene rings is 1. The van der Waals surface area contributed by atoms with Crippen LogP contribution in [0.2, 0.25) is 5.02 Å². The average Bonchev–Trinajstić information content (AvgIpc) is 2.48. The molecule has 0 unspecified atom stereocenters. The van der Waals surface area contributed by atoms with Gasteiger partial charge in [0.15, 0.2) is 0 Å². The minimum absolute atomic E-state index is 0.0536. The van der Waals surface area contributed by atoms with Crippen LogP contribution in [0, 0.1) is 6.92 Å². The topological polar surface area (TPSA) is 57.8 Å². The molecule has 0 radical (unpaired) electrons. The Morgan fingerprint density at radius 2 is 2.22 bits per heavy atom. The maximum atomic E-state index is 12.0. The Bertz CT molecular complexity index is 678. The molecule has 1 aliphatic heterocycles. The van der Waals surface area contributed by atoms with Gasteiger partial charge in [0.25, 0.3) is 5.56 Å². The van der Waals surface area contributed by atoms with Crippen molar-refractivity contribution in [2.45, 2.75) is 13.3 Å². The molecular weight excluding hydrogens is 250 g/mol. The lowest BCUT2D eigenvalue weighted by Crippen LogP contribution is -2.18. The van der Waals surface area contributed by atoms with Crippen LogP contribution in [0.15, 0.2) is 23.0 Å². The molecule has 0 saturated carbocycles. The number of H-pyrrole nitrogens is 1. The van der Waals surface area contributed by atoms with Crippen molar-refractivity contribution in [3.8, 4) is 11.3 Å². The van der Waals surface area contributed by atoms with E-state index in [-0.39, 0.29) is 5.56 Å². The number of rotatable bonds is 0. The van der Waals surface area contributed by atoms with Crippen LogP contribution in [0.3, 0.4) is 0 Å². The first-order chi connectivity index (χ1) is 8.65. The standard InChI is InChI=1S/C13H12ClN3O/c1-7-16-12-9-3-2-8(14)6-11(9)15-5-4-10(12)13(18)17-7/h2-3,6,15H,4-5H2,1H3,(H,16,17,18). The van der Waals surface area contributed by atoms with Crippen molar-refractivity contribution in [3.05, 3.63) is 45.0 Å². The van der Waals surface area contributed by atoms with Crippen LogP contribution in [0.1, 0.15) is 11.4 Å². The first kappa shape index (κ1) is 11.3. The van der Waals surface area contributed by atoms with E-state index in [1.807, 2.05) is 18.2 Å². The number of nitrogens with one attached hydrogen (secondary N) is 2. The molecule has 2 heterocycles. The summed E-state index contributed by atoms with van der Waals surface area (Å²) in [5.74, 6) is 0.626. The monoisotopic (exact) mass is 261 g/mol. The van der Waals surface area contributed by atoms with Gasteiger partial charge in [0.1, 0.15) is 5.82 Å². The largest absolute Gasteiger partial charge is 0.384 e. The predicted molar refractivity (Wildman–Crippen MR) is 72.2 cm³/mol. The Kier molecular flexibility index (Phi) is 2.59. The average molecular weight is 262 g/mol. The molecule has 1 aromatic heterocycles. The van der Waals surface area contributed by atoms with Crippen LogP contribution < -0.4 is 10.9 Å². The number of hydrogen-bond acceptors (Lipinski definition) is 3. The highest BCUT2D eigenvalue weighted by atomic mass is 35.5. The normalized spacial score (nSPS) is 13.2. The van der Waals surface area contributed by atoms with Crippen molar-refractivity contribution in [1.82, 2.24) is 9.97 Å². The third-order valence-electron chi connectivity index (χ3n) is 3.06. The first-order valence-corrected chi connectivity index (χ1v) is 6.16. The molecule has 92 valence electrons. The Morgan fingerprint density at radius 3 is 3.06 bits per heavy atom. The van der Waals surface area contributed by atoms with Crippen LogP contribution in [0.4, 0.5) is 5.69 Å². The maximum absolute atomic E-state index is 12.0. The Labute approximate surface area is 109 Å². The minimum Gasteiger partial charge on any atom is -0.384 e. The second-order valence-corrected chi connectivity index (χ2v) is 4.78. The maximum Gasteiger partial charge on any atom is 0.254 e. The van der Waals surface area contributed by atoms with Gasteiger partial charge in [-0.1, -0.05) is 11.6 Å². The van der Waals surface area contributed by atoms with E-state index in [9.17, 15) is 4.79 Å². The van der Waals surface area contributed by atoms with E-state index < -0.39 is 0 Å². The molecule has 3 rings (SSSR count). The van der Waals surface area contributed by atoms with Gasteiger partial charge < -0.3 is 10.3 Å². The predicted octanol–water partition coefficient (Wildman–Crippen LogP) is 2.37. The molecule has 2 N–H and O–H groups in total. The van der Waals surface area contributed by atoms with E-state index in [2.05, 4.69) is 15.3 Å². The van der Waals surface area contributed by atoms with Crippen molar-refractivity contribution in [3.63, 3.8) is 0 Å². The van der Waals surface area contributed by atoms with Crippen LogP contribution >= 0.6 is 11.6 Å². The zero-order valence-electron chi connectivity index (χ0n) is 9.88. The van der Waals surface area contributed by atoms with Crippen molar-refractivity contribution < 1.29 is 0 Å².